The quantitative estimate of drug-likeness (QED) is 0.837. The van der Waals surface area contributed by atoms with Crippen molar-refractivity contribution in [2.75, 3.05) is 14.2 Å². The summed E-state index contributed by atoms with van der Waals surface area (Å²) in [4.78, 5) is -0.643. The minimum absolute atomic E-state index is 0.0313. The number of rotatable bonds is 5. The molecule has 0 N–H and O–H groups in total. The lowest BCUT2D eigenvalue weighted by Gasteiger charge is -2.18. The van der Waals surface area contributed by atoms with Crippen LogP contribution in [0.4, 0.5) is 13.2 Å². The van der Waals surface area contributed by atoms with E-state index in [2.05, 4.69) is 0 Å². The smallest absolute Gasteiger partial charge is 0.246 e. The zero-order valence-electron chi connectivity index (χ0n) is 12.4. The molecule has 0 heterocycles. The summed E-state index contributed by atoms with van der Waals surface area (Å²) in [5, 5.41) is 0. The van der Waals surface area contributed by atoms with Gasteiger partial charge in [-0.25, -0.2) is 21.6 Å². The fourth-order valence-corrected chi connectivity index (χ4v) is 3.20. The Bertz CT molecular complexity index is 825. The topological polar surface area (TPSA) is 46.6 Å². The van der Waals surface area contributed by atoms with E-state index in [-0.39, 0.29) is 12.3 Å². The zero-order chi connectivity index (χ0) is 17.2. The Kier molecular flexibility index (Phi) is 4.96. The molecule has 0 fully saturated rings. The summed E-state index contributed by atoms with van der Waals surface area (Å²) in [7, 11) is -1.64. The third kappa shape index (κ3) is 3.65. The fraction of sp³-hybridized carbons (Fsp3) is 0.200. The molecule has 2 rings (SSSR count). The monoisotopic (exact) mass is 345 g/mol. The molecule has 0 saturated heterocycles. The lowest BCUT2D eigenvalue weighted by atomic mass is 10.2. The molecule has 0 unspecified atom stereocenters. The van der Waals surface area contributed by atoms with Crippen LogP contribution in [-0.2, 0) is 16.6 Å². The van der Waals surface area contributed by atoms with Gasteiger partial charge in [-0.1, -0.05) is 6.07 Å². The average Bonchev–Trinajstić information content (AvgIpc) is 2.47. The van der Waals surface area contributed by atoms with E-state index < -0.39 is 32.4 Å². The summed E-state index contributed by atoms with van der Waals surface area (Å²) < 4.78 is 70.5. The summed E-state index contributed by atoms with van der Waals surface area (Å²) >= 11 is 0. The van der Waals surface area contributed by atoms with Crippen LogP contribution in [0.1, 0.15) is 5.56 Å². The van der Waals surface area contributed by atoms with Crippen LogP contribution in [0.2, 0.25) is 0 Å². The van der Waals surface area contributed by atoms with Gasteiger partial charge in [-0.3, -0.25) is 0 Å². The molecule has 0 amide bonds. The lowest BCUT2D eigenvalue weighted by molar-refractivity contribution is 0.385. The van der Waals surface area contributed by atoms with Crippen LogP contribution < -0.4 is 4.74 Å². The van der Waals surface area contributed by atoms with Crippen molar-refractivity contribution in [2.45, 2.75) is 11.4 Å². The summed E-state index contributed by atoms with van der Waals surface area (Å²) in [5.41, 5.74) is 0.358. The van der Waals surface area contributed by atoms with Crippen LogP contribution in [0.25, 0.3) is 0 Å². The molecule has 23 heavy (non-hydrogen) atoms. The van der Waals surface area contributed by atoms with Gasteiger partial charge < -0.3 is 4.74 Å². The van der Waals surface area contributed by atoms with Crippen LogP contribution >= 0.6 is 0 Å². The summed E-state index contributed by atoms with van der Waals surface area (Å²) in [6.45, 7) is -0.180. The maximum absolute atomic E-state index is 13.7. The second kappa shape index (κ2) is 6.59. The predicted molar refractivity (Wildman–Crippen MR) is 78.0 cm³/mol. The van der Waals surface area contributed by atoms with Crippen molar-refractivity contribution >= 4 is 10.0 Å². The Labute approximate surface area is 132 Å². The number of methoxy groups -OCH3 is 1. The molecule has 0 saturated carbocycles. The molecule has 0 aromatic heterocycles. The molecule has 0 aliphatic heterocycles. The van der Waals surface area contributed by atoms with Crippen LogP contribution in [0, 0.1) is 17.5 Å². The lowest BCUT2D eigenvalue weighted by Crippen LogP contribution is -2.27. The first-order valence-corrected chi connectivity index (χ1v) is 7.93. The molecule has 2 aromatic rings. The van der Waals surface area contributed by atoms with Crippen LogP contribution in [0.15, 0.2) is 41.3 Å². The minimum atomic E-state index is -4.18. The summed E-state index contributed by atoms with van der Waals surface area (Å²) in [6, 6.07) is 6.19. The standard InChI is InChI=1S/C15H14F3NO3S/c1-19(9-10-3-5-14(22-2)12(17)7-10)23(20,21)15-6-4-11(16)8-13(15)18/h3-8H,9H2,1-2H3. The number of sulfonamides is 1. The highest BCUT2D eigenvalue weighted by Crippen LogP contribution is 2.23. The largest absolute Gasteiger partial charge is 0.494 e. The number of halogens is 3. The highest BCUT2D eigenvalue weighted by molar-refractivity contribution is 7.89. The van der Waals surface area contributed by atoms with Crippen LogP contribution in [0.5, 0.6) is 5.75 Å². The summed E-state index contributed by atoms with van der Waals surface area (Å²) in [6.07, 6.45) is 0. The van der Waals surface area contributed by atoms with Crippen LogP contribution in [-0.4, -0.2) is 26.9 Å². The second-order valence-corrected chi connectivity index (χ2v) is 6.82. The van der Waals surface area contributed by atoms with Crippen LogP contribution in [0.3, 0.4) is 0 Å². The molecule has 0 aliphatic rings. The highest BCUT2D eigenvalue weighted by Gasteiger charge is 2.25. The number of hydrogen-bond donors (Lipinski definition) is 0. The minimum Gasteiger partial charge on any atom is -0.494 e. The molecule has 0 radical (unpaired) electrons. The maximum Gasteiger partial charge on any atom is 0.246 e. The van der Waals surface area contributed by atoms with Crippen molar-refractivity contribution < 1.29 is 26.3 Å². The molecule has 2 aromatic carbocycles. The molecule has 8 heteroatoms. The Hall–Kier alpha value is -2.06. The van der Waals surface area contributed by atoms with Crippen molar-refractivity contribution in [3.05, 3.63) is 59.4 Å². The molecule has 0 bridgehead atoms. The summed E-state index contributed by atoms with van der Waals surface area (Å²) in [5.74, 6) is -2.66. The fourth-order valence-electron chi connectivity index (χ4n) is 2.00. The van der Waals surface area contributed by atoms with Gasteiger partial charge in [0.05, 0.1) is 7.11 Å². The van der Waals surface area contributed by atoms with Crippen molar-refractivity contribution in [2.24, 2.45) is 0 Å². The number of hydrogen-bond acceptors (Lipinski definition) is 3. The average molecular weight is 345 g/mol. The van der Waals surface area contributed by atoms with E-state index in [9.17, 15) is 21.6 Å². The Morgan fingerprint density at radius 2 is 1.74 bits per heavy atom. The van der Waals surface area contributed by atoms with E-state index in [0.717, 1.165) is 22.5 Å². The van der Waals surface area contributed by atoms with Crippen molar-refractivity contribution in [3.63, 3.8) is 0 Å². The molecule has 0 atom stereocenters. The number of benzene rings is 2. The van der Waals surface area contributed by atoms with Crippen molar-refractivity contribution in [1.29, 1.82) is 0 Å². The van der Waals surface area contributed by atoms with Gasteiger partial charge in [0.15, 0.2) is 11.6 Å². The third-order valence-electron chi connectivity index (χ3n) is 3.20. The normalized spacial score (nSPS) is 11.7. The van der Waals surface area contributed by atoms with E-state index in [1.165, 1.54) is 26.3 Å². The van der Waals surface area contributed by atoms with Gasteiger partial charge in [-0.15, -0.1) is 0 Å². The molecular weight excluding hydrogens is 331 g/mol. The molecule has 4 nitrogen and oxygen atoms in total. The second-order valence-electron chi connectivity index (χ2n) is 4.80. The van der Waals surface area contributed by atoms with Gasteiger partial charge in [0.1, 0.15) is 16.5 Å². The number of nitrogens with zero attached hydrogens (tertiary/aromatic N) is 1. The third-order valence-corrected chi connectivity index (χ3v) is 5.04. The predicted octanol–water partition coefficient (Wildman–Crippen LogP) is 2.93. The molecule has 0 aliphatic carbocycles. The Morgan fingerprint density at radius 1 is 1.04 bits per heavy atom. The van der Waals surface area contributed by atoms with Gasteiger partial charge in [0.2, 0.25) is 10.0 Å². The molecule has 0 spiro atoms. The van der Waals surface area contributed by atoms with Crippen molar-refractivity contribution in [1.82, 2.24) is 4.31 Å². The van der Waals surface area contributed by atoms with E-state index in [0.29, 0.717) is 11.6 Å². The maximum atomic E-state index is 13.7. The van der Waals surface area contributed by atoms with E-state index in [1.807, 2.05) is 0 Å². The van der Waals surface area contributed by atoms with Crippen molar-refractivity contribution in [3.8, 4) is 5.75 Å². The van der Waals surface area contributed by atoms with Gasteiger partial charge in [-0.05, 0) is 29.8 Å². The highest BCUT2D eigenvalue weighted by atomic mass is 32.2. The van der Waals surface area contributed by atoms with E-state index >= 15 is 0 Å². The van der Waals surface area contributed by atoms with Gasteiger partial charge >= 0.3 is 0 Å². The first-order valence-electron chi connectivity index (χ1n) is 6.49. The SMILES string of the molecule is COc1ccc(CN(C)S(=O)(=O)c2ccc(F)cc2F)cc1F. The Balaban J connectivity index is 2.28. The van der Waals surface area contributed by atoms with E-state index in [1.54, 1.807) is 0 Å². The van der Waals surface area contributed by atoms with Gasteiger partial charge in [0.25, 0.3) is 0 Å². The number of ether oxygens (including phenoxy) is 1. The molecule has 124 valence electrons. The first-order chi connectivity index (χ1) is 10.8. The van der Waals surface area contributed by atoms with Gasteiger partial charge in [0, 0.05) is 19.7 Å². The Morgan fingerprint density at radius 3 is 2.30 bits per heavy atom. The zero-order valence-corrected chi connectivity index (χ0v) is 13.2. The molecular formula is C15H14F3NO3S. The first kappa shape index (κ1) is 17.3. The van der Waals surface area contributed by atoms with Gasteiger partial charge in [-0.2, -0.15) is 4.31 Å². The van der Waals surface area contributed by atoms with E-state index in [4.69, 9.17) is 4.74 Å².